The Bertz CT molecular complexity index is 1240. The molecule has 0 amide bonds. The van der Waals surface area contributed by atoms with E-state index in [0.29, 0.717) is 0 Å². The van der Waals surface area contributed by atoms with E-state index in [1.807, 2.05) is 0 Å². The highest BCUT2D eigenvalue weighted by atomic mass is 15.0. The second kappa shape index (κ2) is 6.10. The summed E-state index contributed by atoms with van der Waals surface area (Å²) in [4.78, 5) is 0. The van der Waals surface area contributed by atoms with Crippen molar-refractivity contribution in [1.29, 1.82) is 0 Å². The average Bonchev–Trinajstić information content (AvgIpc) is 3.75. The van der Waals surface area contributed by atoms with Crippen molar-refractivity contribution >= 4 is 0 Å². The molecule has 28 atom stereocenters. The van der Waals surface area contributed by atoms with Gasteiger partial charge < -0.3 is 5.32 Å². The van der Waals surface area contributed by atoms with Crippen molar-refractivity contribution in [3.63, 3.8) is 0 Å². The monoisotopic (exact) mass is 533 g/mol. The maximum absolute atomic E-state index is 4.47. The average molecular weight is 534 g/mol. The Hall–Kier alpha value is -0.0400. The maximum Gasteiger partial charge on any atom is 0.0101 e. The Kier molecular flexibility index (Phi) is 3.18. The largest absolute Gasteiger partial charge is 0.314 e. The standard InChI is InChI=1S/C39H51N/c1-2-14-15-3-4-17-16-5-6-18-19-7-8-22-23-21-11-20-12(9-10-40-22)13(1)25-26(14)34-29(15)30(17)35-28(16)27(18)33(24(19)23)37-32(21)36(31(20)25)38(34)39(35)37/h12-40H,1-11H2. The predicted octanol–water partition coefficient (Wildman–Crippen LogP) is 6.69. The highest BCUT2D eigenvalue weighted by molar-refractivity contribution is 5.33. The fraction of sp³-hybridized carbons (Fsp3) is 1.00. The van der Waals surface area contributed by atoms with Crippen LogP contribution >= 0.6 is 0 Å². The Morgan fingerprint density at radius 1 is 0.250 bits per heavy atom. The molecule has 15 fully saturated rings. The number of hydrogen-bond acceptors (Lipinski definition) is 1. The summed E-state index contributed by atoms with van der Waals surface area (Å²) in [5.74, 6) is 32.8. The second-order valence-corrected chi connectivity index (χ2v) is 20.3. The van der Waals surface area contributed by atoms with E-state index >= 15 is 0 Å². The van der Waals surface area contributed by atoms with Gasteiger partial charge >= 0.3 is 0 Å². The molecule has 14 aliphatic carbocycles. The van der Waals surface area contributed by atoms with E-state index in [0.717, 1.165) is 17.9 Å². The van der Waals surface area contributed by atoms with Crippen LogP contribution in [0.5, 0.6) is 0 Å². The normalized spacial score (nSPS) is 82.8. The van der Waals surface area contributed by atoms with E-state index < -0.39 is 0 Å². The molecule has 15 rings (SSSR count). The minimum Gasteiger partial charge on any atom is -0.314 e. The molecule has 1 nitrogen and oxygen atoms in total. The molecule has 0 aromatic rings. The lowest BCUT2D eigenvalue weighted by atomic mass is 9.43. The molecule has 40 heavy (non-hydrogen) atoms. The van der Waals surface area contributed by atoms with E-state index in [2.05, 4.69) is 5.32 Å². The number of hydrogen-bond donors (Lipinski definition) is 1. The first-order chi connectivity index (χ1) is 19.9. The lowest BCUT2D eigenvalue weighted by Gasteiger charge is -2.62. The minimum absolute atomic E-state index is 0.924. The molecule has 1 aliphatic heterocycles. The molecule has 0 aromatic carbocycles. The Morgan fingerprint density at radius 2 is 0.600 bits per heavy atom. The van der Waals surface area contributed by atoms with Crippen molar-refractivity contribution in [1.82, 2.24) is 5.32 Å². The third-order valence-electron chi connectivity index (χ3n) is 21.8. The van der Waals surface area contributed by atoms with Gasteiger partial charge in [-0.3, -0.25) is 0 Å². The molecule has 212 valence electrons. The highest BCUT2D eigenvalue weighted by Crippen LogP contribution is 2.90. The van der Waals surface area contributed by atoms with E-state index in [1.165, 1.54) is 154 Å². The van der Waals surface area contributed by atoms with Crippen LogP contribution in [0.4, 0.5) is 0 Å². The van der Waals surface area contributed by atoms with Gasteiger partial charge in [0, 0.05) is 6.04 Å². The molecule has 0 radical (unpaired) electrons. The van der Waals surface area contributed by atoms with E-state index in [-0.39, 0.29) is 0 Å². The van der Waals surface area contributed by atoms with E-state index in [4.69, 9.17) is 0 Å². The first-order valence-electron chi connectivity index (χ1n) is 19.6. The SMILES string of the molecule is C1CC2C3CCC4C5CCC6C7CCC8C9CCC(N1)C1C%10CC2C2C3C4C3C5C6C4C7C8C(C91)C1C%10C2C3C41. The molecule has 1 saturated heterocycles. The zero-order chi connectivity index (χ0) is 24.7. The van der Waals surface area contributed by atoms with E-state index in [9.17, 15) is 0 Å². The minimum atomic E-state index is 0.924. The third-order valence-corrected chi connectivity index (χ3v) is 21.8. The molecule has 14 saturated carbocycles. The Labute approximate surface area is 241 Å². The highest BCUT2D eigenvalue weighted by Gasteiger charge is 2.86. The van der Waals surface area contributed by atoms with Crippen LogP contribution in [0.1, 0.15) is 64.2 Å². The molecule has 28 unspecified atom stereocenters. The molecular formula is C39H51N. The quantitative estimate of drug-likeness (QED) is 0.366. The van der Waals surface area contributed by atoms with Crippen LogP contribution in [0.3, 0.4) is 0 Å². The van der Waals surface area contributed by atoms with Gasteiger partial charge in [0.15, 0.2) is 0 Å². The van der Waals surface area contributed by atoms with Crippen LogP contribution in [0, 0.1) is 160 Å². The van der Waals surface area contributed by atoms with Gasteiger partial charge in [0.2, 0.25) is 0 Å². The molecular weight excluding hydrogens is 482 g/mol. The Balaban J connectivity index is 1.08. The van der Waals surface area contributed by atoms with Gasteiger partial charge in [-0.1, -0.05) is 0 Å². The molecule has 15 aliphatic rings. The first-order valence-corrected chi connectivity index (χ1v) is 19.6. The van der Waals surface area contributed by atoms with Crippen molar-refractivity contribution in [2.75, 3.05) is 6.54 Å². The summed E-state index contributed by atoms with van der Waals surface area (Å²) in [6.07, 6.45) is 16.8. The zero-order valence-electron chi connectivity index (χ0n) is 24.4. The summed E-state index contributed by atoms with van der Waals surface area (Å²) in [7, 11) is 0. The smallest absolute Gasteiger partial charge is 0.0101 e. The predicted molar refractivity (Wildman–Crippen MR) is 152 cm³/mol. The van der Waals surface area contributed by atoms with Crippen LogP contribution in [0.15, 0.2) is 0 Å². The Morgan fingerprint density at radius 3 is 1.15 bits per heavy atom. The molecule has 1 N–H and O–H groups in total. The van der Waals surface area contributed by atoms with Gasteiger partial charge in [-0.05, 0) is 231 Å². The topological polar surface area (TPSA) is 12.0 Å². The van der Waals surface area contributed by atoms with Crippen LogP contribution in [0.2, 0.25) is 0 Å². The zero-order valence-corrected chi connectivity index (χ0v) is 24.4. The van der Waals surface area contributed by atoms with Crippen molar-refractivity contribution in [2.24, 2.45) is 160 Å². The molecule has 0 spiro atoms. The van der Waals surface area contributed by atoms with Crippen molar-refractivity contribution < 1.29 is 0 Å². The van der Waals surface area contributed by atoms with Crippen molar-refractivity contribution in [2.45, 2.75) is 70.3 Å². The summed E-state index contributed by atoms with van der Waals surface area (Å²) in [5, 5.41) is 4.47. The van der Waals surface area contributed by atoms with Crippen molar-refractivity contribution in [3.05, 3.63) is 0 Å². The lowest BCUT2D eigenvalue weighted by Crippen LogP contribution is -2.61. The lowest BCUT2D eigenvalue weighted by molar-refractivity contribution is -0.148. The van der Waals surface area contributed by atoms with Gasteiger partial charge in [0.1, 0.15) is 0 Å². The molecule has 1 heterocycles. The number of rotatable bonds is 0. The number of nitrogens with one attached hydrogen (secondary N) is 1. The summed E-state index contributed by atoms with van der Waals surface area (Å²) in [6.45, 7) is 1.41. The maximum atomic E-state index is 4.47. The fourth-order valence-electron chi connectivity index (χ4n) is 23.2. The molecule has 0 aromatic heterocycles. The fourth-order valence-corrected chi connectivity index (χ4v) is 23.2. The van der Waals surface area contributed by atoms with Crippen molar-refractivity contribution in [3.8, 4) is 0 Å². The van der Waals surface area contributed by atoms with Crippen LogP contribution in [-0.4, -0.2) is 12.6 Å². The van der Waals surface area contributed by atoms with Gasteiger partial charge in [-0.25, -0.2) is 0 Å². The van der Waals surface area contributed by atoms with Crippen LogP contribution < -0.4 is 5.32 Å². The third kappa shape index (κ3) is 1.71. The van der Waals surface area contributed by atoms with E-state index in [1.54, 1.807) is 64.2 Å². The summed E-state index contributed by atoms with van der Waals surface area (Å²) in [6, 6.07) is 0.924. The molecule has 1 heteroatoms. The second-order valence-electron chi connectivity index (χ2n) is 20.3. The van der Waals surface area contributed by atoms with Crippen LogP contribution in [0.25, 0.3) is 0 Å². The summed E-state index contributed by atoms with van der Waals surface area (Å²) >= 11 is 0. The van der Waals surface area contributed by atoms with Gasteiger partial charge in [0.25, 0.3) is 0 Å². The molecule has 2 bridgehead atoms. The number of fused-ring (bicyclic) bond motifs is 4. The van der Waals surface area contributed by atoms with Gasteiger partial charge in [0.05, 0.1) is 0 Å². The van der Waals surface area contributed by atoms with Gasteiger partial charge in [-0.2, -0.15) is 0 Å². The first kappa shape index (κ1) is 20.8. The van der Waals surface area contributed by atoms with Crippen LogP contribution in [-0.2, 0) is 0 Å². The summed E-state index contributed by atoms with van der Waals surface area (Å²) < 4.78 is 0. The van der Waals surface area contributed by atoms with Gasteiger partial charge in [-0.15, -0.1) is 0 Å². The summed E-state index contributed by atoms with van der Waals surface area (Å²) in [5.41, 5.74) is 0.